The summed E-state index contributed by atoms with van der Waals surface area (Å²) in [5, 5.41) is 7.17. The van der Waals surface area contributed by atoms with Crippen molar-refractivity contribution in [2.75, 3.05) is 36.9 Å². The lowest BCUT2D eigenvalue weighted by molar-refractivity contribution is -0.130. The molecule has 0 aliphatic carbocycles. The van der Waals surface area contributed by atoms with Crippen molar-refractivity contribution >= 4 is 29.4 Å². The van der Waals surface area contributed by atoms with Crippen LogP contribution in [0, 0.1) is 5.41 Å². The van der Waals surface area contributed by atoms with Gasteiger partial charge < -0.3 is 10.6 Å². The summed E-state index contributed by atoms with van der Waals surface area (Å²) in [6.07, 6.45) is 3.10. The summed E-state index contributed by atoms with van der Waals surface area (Å²) >= 11 is 4.02. The number of amides is 1. The van der Waals surface area contributed by atoms with Crippen LogP contribution in [0.5, 0.6) is 0 Å². The molecule has 0 bridgehead atoms. The van der Waals surface area contributed by atoms with Crippen LogP contribution in [0.15, 0.2) is 0 Å². The topological polar surface area (TPSA) is 41.1 Å². The molecule has 0 aromatic rings. The molecule has 18 heavy (non-hydrogen) atoms. The first-order valence-corrected chi connectivity index (χ1v) is 9.15. The number of nitrogens with one attached hydrogen (secondary N) is 2. The Kier molecular flexibility index (Phi) is 5.70. The van der Waals surface area contributed by atoms with Gasteiger partial charge in [0.15, 0.2) is 0 Å². The first-order chi connectivity index (χ1) is 8.77. The highest BCUT2D eigenvalue weighted by molar-refractivity contribution is 8.06. The number of carbonyl (C=O) groups excluding carboxylic acids is 1. The third kappa shape index (κ3) is 3.58. The summed E-state index contributed by atoms with van der Waals surface area (Å²) in [5.74, 6) is 3.96. The highest BCUT2D eigenvalue weighted by Crippen LogP contribution is 2.31. The monoisotopic (exact) mass is 288 g/mol. The molecule has 5 heteroatoms. The zero-order valence-corrected chi connectivity index (χ0v) is 12.8. The second-order valence-corrected chi connectivity index (χ2v) is 7.79. The van der Waals surface area contributed by atoms with Gasteiger partial charge in [-0.15, -0.1) is 0 Å². The van der Waals surface area contributed by atoms with Crippen LogP contribution in [0.1, 0.15) is 26.2 Å². The van der Waals surface area contributed by atoms with Gasteiger partial charge in [0.05, 0.1) is 5.41 Å². The summed E-state index contributed by atoms with van der Waals surface area (Å²) in [6, 6.07) is 0. The largest absolute Gasteiger partial charge is 0.354 e. The van der Waals surface area contributed by atoms with Crippen LogP contribution < -0.4 is 10.6 Å². The summed E-state index contributed by atoms with van der Waals surface area (Å²) in [6.45, 7) is 4.86. The van der Waals surface area contributed by atoms with E-state index < -0.39 is 0 Å². The van der Waals surface area contributed by atoms with Gasteiger partial charge in [-0.2, -0.15) is 23.5 Å². The maximum Gasteiger partial charge on any atom is 0.227 e. The normalized spacial score (nSPS) is 32.4. The molecule has 2 atom stereocenters. The summed E-state index contributed by atoms with van der Waals surface area (Å²) < 4.78 is 0. The van der Waals surface area contributed by atoms with Gasteiger partial charge in [-0.05, 0) is 19.4 Å². The van der Waals surface area contributed by atoms with Crippen LogP contribution in [0.2, 0.25) is 0 Å². The molecule has 2 aliphatic heterocycles. The van der Waals surface area contributed by atoms with Crippen molar-refractivity contribution in [1.82, 2.24) is 10.6 Å². The number of hydrogen-bond acceptors (Lipinski definition) is 4. The molecular weight excluding hydrogens is 264 g/mol. The molecule has 2 aliphatic rings. The maximum absolute atomic E-state index is 12.4. The first-order valence-electron chi connectivity index (χ1n) is 6.95. The molecule has 0 spiro atoms. The van der Waals surface area contributed by atoms with Crippen LogP contribution in [-0.4, -0.2) is 48.0 Å². The van der Waals surface area contributed by atoms with Crippen molar-refractivity contribution in [3.05, 3.63) is 0 Å². The number of carbonyl (C=O) groups is 1. The smallest absolute Gasteiger partial charge is 0.227 e. The van der Waals surface area contributed by atoms with Crippen LogP contribution in [0.4, 0.5) is 0 Å². The third-order valence-corrected chi connectivity index (χ3v) is 6.67. The van der Waals surface area contributed by atoms with Crippen molar-refractivity contribution in [3.63, 3.8) is 0 Å². The molecule has 0 saturated carbocycles. The Morgan fingerprint density at radius 3 is 3.00 bits per heavy atom. The predicted octanol–water partition coefficient (Wildman–Crippen LogP) is 1.73. The second-order valence-electron chi connectivity index (χ2n) is 5.23. The van der Waals surface area contributed by atoms with Gasteiger partial charge >= 0.3 is 0 Å². The lowest BCUT2D eigenvalue weighted by Crippen LogP contribution is -2.45. The second kappa shape index (κ2) is 7.06. The average molecular weight is 288 g/mol. The van der Waals surface area contributed by atoms with Crippen molar-refractivity contribution < 1.29 is 4.79 Å². The minimum absolute atomic E-state index is 0.124. The van der Waals surface area contributed by atoms with E-state index in [1.54, 1.807) is 0 Å². The molecule has 3 nitrogen and oxygen atoms in total. The molecular formula is C13H24N2OS2. The van der Waals surface area contributed by atoms with E-state index in [9.17, 15) is 4.79 Å². The van der Waals surface area contributed by atoms with Gasteiger partial charge in [0, 0.05) is 35.6 Å². The molecule has 0 radical (unpaired) electrons. The van der Waals surface area contributed by atoms with Crippen molar-refractivity contribution in [2.24, 2.45) is 5.41 Å². The molecule has 2 fully saturated rings. The molecule has 2 saturated heterocycles. The fourth-order valence-corrected chi connectivity index (χ4v) is 5.40. The minimum Gasteiger partial charge on any atom is -0.354 e. The zero-order valence-electron chi connectivity index (χ0n) is 11.2. The molecule has 2 unspecified atom stereocenters. The van der Waals surface area contributed by atoms with Crippen LogP contribution in [-0.2, 0) is 4.79 Å². The lowest BCUT2D eigenvalue weighted by Gasteiger charge is -2.28. The van der Waals surface area contributed by atoms with Crippen LogP contribution in [0.3, 0.4) is 0 Å². The SMILES string of the molecule is CCCC1(C(=O)NCC2CSCCS2)CCNC1. The van der Waals surface area contributed by atoms with E-state index in [1.165, 1.54) is 17.3 Å². The Hall–Kier alpha value is 0.130. The number of rotatable bonds is 5. The van der Waals surface area contributed by atoms with Crippen molar-refractivity contribution in [2.45, 2.75) is 31.4 Å². The average Bonchev–Trinajstić information content (AvgIpc) is 2.87. The maximum atomic E-state index is 12.4. The van der Waals surface area contributed by atoms with Gasteiger partial charge in [0.1, 0.15) is 0 Å². The van der Waals surface area contributed by atoms with Crippen molar-refractivity contribution in [3.8, 4) is 0 Å². The lowest BCUT2D eigenvalue weighted by atomic mass is 9.81. The van der Waals surface area contributed by atoms with E-state index in [0.717, 1.165) is 38.9 Å². The number of thioether (sulfide) groups is 2. The number of hydrogen-bond donors (Lipinski definition) is 2. The van der Waals surface area contributed by atoms with Crippen LogP contribution in [0.25, 0.3) is 0 Å². The molecule has 0 aromatic carbocycles. The molecule has 104 valence electrons. The fraction of sp³-hybridized carbons (Fsp3) is 0.923. The molecule has 2 rings (SSSR count). The molecule has 0 aromatic heterocycles. The zero-order chi connectivity index (χ0) is 12.8. The standard InChI is InChI=1S/C13H24N2OS2/c1-2-3-13(4-5-14-10-13)12(16)15-8-11-9-17-6-7-18-11/h11,14H,2-10H2,1H3,(H,15,16). The summed E-state index contributed by atoms with van der Waals surface area (Å²) in [7, 11) is 0. The molecule has 2 heterocycles. The Morgan fingerprint density at radius 2 is 2.39 bits per heavy atom. The Bertz CT molecular complexity index is 274. The summed E-state index contributed by atoms with van der Waals surface area (Å²) in [5.41, 5.74) is -0.124. The Balaban J connectivity index is 1.81. The quantitative estimate of drug-likeness (QED) is 0.808. The van der Waals surface area contributed by atoms with E-state index in [1.807, 2.05) is 23.5 Å². The van der Waals surface area contributed by atoms with E-state index in [-0.39, 0.29) is 11.3 Å². The van der Waals surface area contributed by atoms with E-state index in [4.69, 9.17) is 0 Å². The van der Waals surface area contributed by atoms with Gasteiger partial charge in [-0.25, -0.2) is 0 Å². The Labute approximate surface area is 119 Å². The summed E-state index contributed by atoms with van der Waals surface area (Å²) in [4.78, 5) is 12.4. The highest BCUT2D eigenvalue weighted by atomic mass is 32.2. The Morgan fingerprint density at radius 1 is 1.50 bits per heavy atom. The van der Waals surface area contributed by atoms with E-state index >= 15 is 0 Å². The molecule has 1 amide bonds. The molecule has 2 N–H and O–H groups in total. The van der Waals surface area contributed by atoms with Crippen LogP contribution >= 0.6 is 23.5 Å². The highest BCUT2D eigenvalue weighted by Gasteiger charge is 2.40. The van der Waals surface area contributed by atoms with Gasteiger partial charge in [0.2, 0.25) is 5.91 Å². The third-order valence-electron chi connectivity index (χ3n) is 3.83. The minimum atomic E-state index is -0.124. The van der Waals surface area contributed by atoms with Crippen molar-refractivity contribution in [1.29, 1.82) is 0 Å². The first kappa shape index (κ1) is 14.5. The van der Waals surface area contributed by atoms with E-state index in [0.29, 0.717) is 5.25 Å². The van der Waals surface area contributed by atoms with Gasteiger partial charge in [-0.1, -0.05) is 13.3 Å². The van der Waals surface area contributed by atoms with Gasteiger partial charge in [-0.3, -0.25) is 4.79 Å². The van der Waals surface area contributed by atoms with Gasteiger partial charge in [0.25, 0.3) is 0 Å². The van der Waals surface area contributed by atoms with E-state index in [2.05, 4.69) is 17.6 Å². The predicted molar refractivity (Wildman–Crippen MR) is 81.4 cm³/mol. The fourth-order valence-electron chi connectivity index (χ4n) is 2.79.